The van der Waals surface area contributed by atoms with Crippen LogP contribution < -0.4 is 0 Å². The molecule has 0 amide bonds. The Hall–Kier alpha value is -2.03. The third-order valence-corrected chi connectivity index (χ3v) is 5.11. The van der Waals surface area contributed by atoms with Crippen molar-refractivity contribution in [2.45, 2.75) is 33.1 Å². The number of allylic oxidation sites excluding steroid dienone is 2. The van der Waals surface area contributed by atoms with E-state index in [1.807, 2.05) is 6.08 Å². The van der Waals surface area contributed by atoms with Crippen molar-refractivity contribution in [1.82, 2.24) is 0 Å². The van der Waals surface area contributed by atoms with Crippen LogP contribution in [0.5, 0.6) is 0 Å². The molecule has 1 aromatic heterocycles. The molecule has 0 radical (unpaired) electrons. The SMILES string of the molecule is C=C[C@]1(C)CC[C@@H](C(=C)C)C[C@H]1C(=C)COC(=O)c1ccco1. The molecule has 1 fully saturated rings. The van der Waals surface area contributed by atoms with Gasteiger partial charge in [-0.2, -0.15) is 0 Å². The number of esters is 1. The molecule has 0 aromatic carbocycles. The molecule has 3 atom stereocenters. The molecule has 1 saturated carbocycles. The molecule has 0 saturated heterocycles. The summed E-state index contributed by atoms with van der Waals surface area (Å²) in [4.78, 5) is 11.9. The molecule has 1 heterocycles. The van der Waals surface area contributed by atoms with E-state index < -0.39 is 5.97 Å². The second-order valence-corrected chi connectivity index (χ2v) is 6.79. The van der Waals surface area contributed by atoms with Crippen molar-refractivity contribution in [3.63, 3.8) is 0 Å². The summed E-state index contributed by atoms with van der Waals surface area (Å²) in [5, 5.41) is 0. The van der Waals surface area contributed by atoms with E-state index in [1.54, 1.807) is 12.1 Å². The smallest absolute Gasteiger partial charge is 0.374 e. The van der Waals surface area contributed by atoms with E-state index in [0.29, 0.717) is 5.92 Å². The second kappa shape index (κ2) is 7.03. The molecule has 0 N–H and O–H groups in total. The van der Waals surface area contributed by atoms with E-state index in [4.69, 9.17) is 9.15 Å². The third-order valence-electron chi connectivity index (χ3n) is 5.11. The predicted molar refractivity (Wildman–Crippen MR) is 92.1 cm³/mol. The van der Waals surface area contributed by atoms with Gasteiger partial charge < -0.3 is 9.15 Å². The first-order chi connectivity index (χ1) is 10.9. The van der Waals surface area contributed by atoms with Gasteiger partial charge >= 0.3 is 5.97 Å². The molecular formula is C20H26O3. The fraction of sp³-hybridized carbons (Fsp3) is 0.450. The number of hydrogen-bond donors (Lipinski definition) is 0. The summed E-state index contributed by atoms with van der Waals surface area (Å²) >= 11 is 0. The number of carbonyl (C=O) groups is 1. The zero-order chi connectivity index (χ0) is 17.0. The van der Waals surface area contributed by atoms with Crippen molar-refractivity contribution in [3.8, 4) is 0 Å². The maximum absolute atomic E-state index is 11.9. The van der Waals surface area contributed by atoms with Gasteiger partial charge in [0.1, 0.15) is 6.61 Å². The monoisotopic (exact) mass is 314 g/mol. The molecule has 0 bridgehead atoms. The second-order valence-electron chi connectivity index (χ2n) is 6.79. The summed E-state index contributed by atoms with van der Waals surface area (Å²) in [5.74, 6) is 0.488. The minimum absolute atomic E-state index is 0.0138. The van der Waals surface area contributed by atoms with Gasteiger partial charge in [0.05, 0.1) is 6.26 Å². The standard InChI is InChI=1S/C20H26O3/c1-6-20(5)10-9-16(14(2)3)12-17(20)15(4)13-23-19(21)18-8-7-11-22-18/h6-8,11,16-17H,1-2,4,9-10,12-13H2,3,5H3/t16-,17+,20-/m1/s1. The van der Waals surface area contributed by atoms with E-state index in [-0.39, 0.29) is 23.7 Å². The lowest BCUT2D eigenvalue weighted by molar-refractivity contribution is 0.0473. The molecular weight excluding hydrogens is 288 g/mol. The van der Waals surface area contributed by atoms with Crippen molar-refractivity contribution in [2.75, 3.05) is 6.61 Å². The van der Waals surface area contributed by atoms with Gasteiger partial charge in [0.15, 0.2) is 0 Å². The zero-order valence-electron chi connectivity index (χ0n) is 14.1. The van der Waals surface area contributed by atoms with E-state index in [0.717, 1.165) is 24.8 Å². The molecule has 0 aliphatic heterocycles. The number of ether oxygens (including phenoxy) is 1. The first-order valence-corrected chi connectivity index (χ1v) is 8.04. The van der Waals surface area contributed by atoms with Crippen LogP contribution in [-0.2, 0) is 4.74 Å². The van der Waals surface area contributed by atoms with E-state index in [2.05, 4.69) is 33.6 Å². The van der Waals surface area contributed by atoms with Crippen molar-refractivity contribution in [2.24, 2.45) is 17.3 Å². The Balaban J connectivity index is 2.03. The number of rotatable bonds is 6. The topological polar surface area (TPSA) is 39.4 Å². The van der Waals surface area contributed by atoms with Crippen molar-refractivity contribution in [3.05, 3.63) is 61.1 Å². The molecule has 1 aliphatic carbocycles. The Kier molecular flexibility index (Phi) is 5.30. The average Bonchev–Trinajstić information content (AvgIpc) is 3.07. The summed E-state index contributed by atoms with van der Waals surface area (Å²) in [7, 11) is 0. The first-order valence-electron chi connectivity index (χ1n) is 8.04. The van der Waals surface area contributed by atoms with Crippen LogP contribution in [0.3, 0.4) is 0 Å². The lowest BCUT2D eigenvalue weighted by Gasteiger charge is -2.44. The Morgan fingerprint density at radius 3 is 2.83 bits per heavy atom. The van der Waals surface area contributed by atoms with Crippen molar-refractivity contribution in [1.29, 1.82) is 0 Å². The van der Waals surface area contributed by atoms with Crippen molar-refractivity contribution >= 4 is 5.97 Å². The molecule has 124 valence electrons. The van der Waals surface area contributed by atoms with E-state index in [1.165, 1.54) is 11.8 Å². The van der Waals surface area contributed by atoms with Gasteiger partial charge in [-0.25, -0.2) is 4.79 Å². The number of furan rings is 1. The van der Waals surface area contributed by atoms with Crippen LogP contribution in [0.1, 0.15) is 43.7 Å². The largest absolute Gasteiger partial charge is 0.457 e. The summed E-state index contributed by atoms with van der Waals surface area (Å²) < 4.78 is 10.4. The van der Waals surface area contributed by atoms with Crippen LogP contribution in [0.15, 0.2) is 59.8 Å². The molecule has 0 spiro atoms. The summed E-state index contributed by atoms with van der Waals surface area (Å²) in [6.45, 7) is 16.8. The van der Waals surface area contributed by atoms with Gasteiger partial charge in [0, 0.05) is 0 Å². The van der Waals surface area contributed by atoms with Gasteiger partial charge in [0.2, 0.25) is 5.76 Å². The highest BCUT2D eigenvalue weighted by atomic mass is 16.5. The predicted octanol–water partition coefficient (Wildman–Crippen LogP) is 5.18. The molecule has 3 nitrogen and oxygen atoms in total. The normalized spacial score (nSPS) is 27.2. The maximum atomic E-state index is 11.9. The Labute approximate surface area is 138 Å². The van der Waals surface area contributed by atoms with Gasteiger partial charge in [-0.05, 0) is 61.1 Å². The molecule has 23 heavy (non-hydrogen) atoms. The van der Waals surface area contributed by atoms with Crippen LogP contribution in [-0.4, -0.2) is 12.6 Å². The quantitative estimate of drug-likeness (QED) is 0.536. The highest BCUT2D eigenvalue weighted by Gasteiger charge is 2.39. The van der Waals surface area contributed by atoms with Crippen LogP contribution >= 0.6 is 0 Å². The summed E-state index contributed by atoms with van der Waals surface area (Å²) in [6.07, 6.45) is 6.62. The number of carbonyl (C=O) groups excluding carboxylic acids is 1. The Morgan fingerprint density at radius 1 is 1.52 bits per heavy atom. The fourth-order valence-corrected chi connectivity index (χ4v) is 3.38. The molecule has 1 aromatic rings. The fourth-order valence-electron chi connectivity index (χ4n) is 3.38. The third kappa shape index (κ3) is 3.84. The number of hydrogen-bond acceptors (Lipinski definition) is 3. The van der Waals surface area contributed by atoms with Crippen LogP contribution in [0.2, 0.25) is 0 Å². The highest BCUT2D eigenvalue weighted by molar-refractivity contribution is 5.86. The first kappa shape index (κ1) is 17.3. The Morgan fingerprint density at radius 2 is 2.26 bits per heavy atom. The maximum Gasteiger partial charge on any atom is 0.374 e. The molecule has 1 aliphatic rings. The lowest BCUT2D eigenvalue weighted by Crippen LogP contribution is -2.35. The minimum atomic E-state index is -0.455. The minimum Gasteiger partial charge on any atom is -0.457 e. The summed E-state index contributed by atoms with van der Waals surface area (Å²) in [5.41, 5.74) is 2.12. The molecule has 3 heteroatoms. The average molecular weight is 314 g/mol. The molecule has 2 rings (SSSR count). The summed E-state index contributed by atoms with van der Waals surface area (Å²) in [6, 6.07) is 3.26. The van der Waals surface area contributed by atoms with Gasteiger partial charge in [-0.15, -0.1) is 6.58 Å². The highest BCUT2D eigenvalue weighted by Crippen LogP contribution is 2.48. The Bertz CT molecular complexity index is 596. The molecule has 0 unspecified atom stereocenters. The van der Waals surface area contributed by atoms with E-state index >= 15 is 0 Å². The zero-order valence-corrected chi connectivity index (χ0v) is 14.1. The van der Waals surface area contributed by atoms with Crippen LogP contribution in [0.25, 0.3) is 0 Å². The van der Waals surface area contributed by atoms with E-state index in [9.17, 15) is 4.79 Å². The van der Waals surface area contributed by atoms with Crippen LogP contribution in [0, 0.1) is 17.3 Å². The van der Waals surface area contributed by atoms with Gasteiger partial charge in [0.25, 0.3) is 0 Å². The van der Waals surface area contributed by atoms with Crippen molar-refractivity contribution < 1.29 is 13.9 Å². The van der Waals surface area contributed by atoms with Gasteiger partial charge in [-0.3, -0.25) is 0 Å². The lowest BCUT2D eigenvalue weighted by atomic mass is 9.61. The van der Waals surface area contributed by atoms with Crippen LogP contribution in [0.4, 0.5) is 0 Å². The van der Waals surface area contributed by atoms with Gasteiger partial charge in [-0.1, -0.05) is 31.7 Å².